The second-order valence-corrected chi connectivity index (χ2v) is 8.40. The van der Waals surface area contributed by atoms with Gasteiger partial charge in [0.25, 0.3) is 5.56 Å². The van der Waals surface area contributed by atoms with Gasteiger partial charge in [0.1, 0.15) is 23.3 Å². The summed E-state index contributed by atoms with van der Waals surface area (Å²) in [6.07, 6.45) is 4.82. The molecule has 1 aromatic carbocycles. The summed E-state index contributed by atoms with van der Waals surface area (Å²) in [5.41, 5.74) is 12.0. The lowest BCUT2D eigenvalue weighted by Gasteiger charge is -2.23. The molecule has 1 aliphatic rings. The second kappa shape index (κ2) is 7.91. The van der Waals surface area contributed by atoms with Gasteiger partial charge < -0.3 is 16.8 Å². The minimum atomic E-state index is -0.521. The van der Waals surface area contributed by atoms with Gasteiger partial charge in [-0.05, 0) is 30.9 Å². The number of aromatic nitrogens is 6. The Morgan fingerprint density at radius 2 is 1.97 bits per heavy atom. The van der Waals surface area contributed by atoms with Gasteiger partial charge in [-0.25, -0.2) is 4.98 Å². The number of H-pyrrole nitrogens is 1. The summed E-state index contributed by atoms with van der Waals surface area (Å²) in [5.74, 6) is 0.493. The number of nitrogens with zero attached hydrogens (tertiary/aromatic N) is 6. The van der Waals surface area contributed by atoms with Crippen molar-refractivity contribution in [1.82, 2.24) is 29.7 Å². The van der Waals surface area contributed by atoms with Crippen molar-refractivity contribution in [3.8, 4) is 11.8 Å². The molecule has 0 radical (unpaired) electrons. The fraction of sp³-hybridized carbons (Fsp3) is 0.200. The van der Waals surface area contributed by atoms with Gasteiger partial charge in [-0.1, -0.05) is 23.2 Å². The number of aromatic amines is 1. The summed E-state index contributed by atoms with van der Waals surface area (Å²) in [7, 11) is 0. The highest BCUT2D eigenvalue weighted by Crippen LogP contribution is 2.43. The molecule has 166 valence electrons. The number of nitriles is 1. The molecular weight excluding hydrogens is 467 g/mol. The number of anilines is 3. The van der Waals surface area contributed by atoms with E-state index in [4.69, 9.17) is 39.7 Å². The molecule has 0 bridgehead atoms. The smallest absolute Gasteiger partial charge is 0.267 e. The summed E-state index contributed by atoms with van der Waals surface area (Å²) >= 11 is 12.7. The van der Waals surface area contributed by atoms with Crippen molar-refractivity contribution in [2.24, 2.45) is 5.92 Å². The third-order valence-corrected chi connectivity index (χ3v) is 6.04. The molecule has 6 N–H and O–H groups in total. The Labute approximate surface area is 196 Å². The topological polar surface area (TPSA) is 177 Å². The van der Waals surface area contributed by atoms with Crippen LogP contribution in [0.4, 0.5) is 17.6 Å². The van der Waals surface area contributed by atoms with E-state index in [9.17, 15) is 10.1 Å². The molecule has 11 nitrogen and oxygen atoms in total. The molecule has 0 saturated heterocycles. The van der Waals surface area contributed by atoms with E-state index in [-0.39, 0.29) is 50.0 Å². The fourth-order valence-electron chi connectivity index (χ4n) is 3.74. The first-order valence-corrected chi connectivity index (χ1v) is 10.6. The quantitative estimate of drug-likeness (QED) is 0.332. The molecule has 1 atom stereocenters. The van der Waals surface area contributed by atoms with Gasteiger partial charge in [0, 0.05) is 6.20 Å². The third-order valence-electron chi connectivity index (χ3n) is 5.42. The van der Waals surface area contributed by atoms with Crippen molar-refractivity contribution < 1.29 is 0 Å². The van der Waals surface area contributed by atoms with E-state index in [0.717, 1.165) is 12.8 Å². The van der Waals surface area contributed by atoms with Gasteiger partial charge in [-0.3, -0.25) is 14.5 Å². The summed E-state index contributed by atoms with van der Waals surface area (Å²) in [6.45, 7) is 0. The van der Waals surface area contributed by atoms with Crippen molar-refractivity contribution in [2.45, 2.75) is 18.9 Å². The number of nitrogens with two attached hydrogens (primary N) is 2. The van der Waals surface area contributed by atoms with Crippen LogP contribution in [0.1, 0.15) is 30.3 Å². The Hall–Kier alpha value is -3.88. The molecule has 4 aromatic rings. The molecule has 3 aromatic heterocycles. The lowest BCUT2D eigenvalue weighted by Crippen LogP contribution is -2.29. The van der Waals surface area contributed by atoms with Gasteiger partial charge in [0.2, 0.25) is 5.95 Å². The predicted octanol–water partition coefficient (Wildman–Crippen LogP) is 2.80. The van der Waals surface area contributed by atoms with E-state index in [1.807, 2.05) is 6.07 Å². The first kappa shape index (κ1) is 21.0. The number of nitrogens with one attached hydrogen (secondary N) is 2. The Morgan fingerprint density at radius 1 is 1.21 bits per heavy atom. The van der Waals surface area contributed by atoms with E-state index >= 15 is 0 Å². The zero-order chi connectivity index (χ0) is 23.3. The van der Waals surface area contributed by atoms with Crippen LogP contribution in [-0.4, -0.2) is 29.7 Å². The van der Waals surface area contributed by atoms with E-state index in [1.165, 1.54) is 10.8 Å². The first-order chi connectivity index (χ1) is 15.9. The highest BCUT2D eigenvalue weighted by atomic mass is 35.5. The number of hydrogen-bond donors (Lipinski definition) is 4. The molecule has 1 aliphatic carbocycles. The predicted molar refractivity (Wildman–Crippen MR) is 124 cm³/mol. The second-order valence-electron chi connectivity index (χ2n) is 7.58. The van der Waals surface area contributed by atoms with E-state index in [1.54, 1.807) is 18.3 Å². The molecule has 1 fully saturated rings. The Bertz CT molecular complexity index is 1490. The lowest BCUT2D eigenvalue weighted by atomic mass is 10.1. The van der Waals surface area contributed by atoms with Crippen LogP contribution in [0.25, 0.3) is 16.6 Å². The van der Waals surface area contributed by atoms with Crippen molar-refractivity contribution >= 4 is 51.7 Å². The van der Waals surface area contributed by atoms with E-state index in [0.29, 0.717) is 11.5 Å². The number of fused-ring (bicyclic) bond motifs is 1. The Balaban J connectivity index is 1.78. The van der Waals surface area contributed by atoms with E-state index < -0.39 is 11.6 Å². The summed E-state index contributed by atoms with van der Waals surface area (Å²) in [5, 5.41) is 20.2. The largest absolute Gasteiger partial charge is 0.382 e. The molecule has 0 aliphatic heterocycles. The van der Waals surface area contributed by atoms with Crippen LogP contribution in [0, 0.1) is 17.2 Å². The average Bonchev–Trinajstić information content (AvgIpc) is 3.48. The fourth-order valence-corrected chi connectivity index (χ4v) is 4.17. The van der Waals surface area contributed by atoms with Crippen molar-refractivity contribution in [3.63, 3.8) is 0 Å². The summed E-state index contributed by atoms with van der Waals surface area (Å²) in [6, 6.07) is 4.62. The zero-order valence-electron chi connectivity index (χ0n) is 16.9. The molecule has 0 spiro atoms. The number of hydrogen-bond acceptors (Lipinski definition) is 9. The Morgan fingerprint density at radius 3 is 2.64 bits per heavy atom. The number of halogens is 2. The Kier molecular flexibility index (Phi) is 5.03. The van der Waals surface area contributed by atoms with E-state index in [2.05, 4.69) is 25.5 Å². The van der Waals surface area contributed by atoms with Crippen LogP contribution in [-0.2, 0) is 0 Å². The highest BCUT2D eigenvalue weighted by Gasteiger charge is 2.37. The molecular formula is C20H16Cl2N10O. The zero-order valence-corrected chi connectivity index (χ0v) is 18.4. The van der Waals surface area contributed by atoms with Gasteiger partial charge >= 0.3 is 0 Å². The van der Waals surface area contributed by atoms with Crippen LogP contribution in [0.2, 0.25) is 10.0 Å². The molecule has 33 heavy (non-hydrogen) atoms. The monoisotopic (exact) mass is 482 g/mol. The molecule has 0 amide bonds. The average molecular weight is 483 g/mol. The molecule has 0 unspecified atom stereocenters. The maximum absolute atomic E-state index is 13.6. The van der Waals surface area contributed by atoms with Gasteiger partial charge in [-0.15, -0.1) is 0 Å². The maximum atomic E-state index is 13.6. The number of benzene rings is 1. The SMILES string of the molecule is N#Cc1c(N)nc(N)nc1N[C@H](c1nc2c(Cl)ccc(Cl)c2c(=O)n1-c1cn[nH]c1)C1CC1. The van der Waals surface area contributed by atoms with Crippen LogP contribution in [0.5, 0.6) is 0 Å². The normalized spacial score (nSPS) is 14.2. The van der Waals surface area contributed by atoms with Crippen molar-refractivity contribution in [2.75, 3.05) is 16.8 Å². The molecule has 3 heterocycles. The van der Waals surface area contributed by atoms with Crippen LogP contribution >= 0.6 is 23.2 Å². The first-order valence-electron chi connectivity index (χ1n) is 9.88. The molecule has 13 heteroatoms. The molecule has 1 saturated carbocycles. The standard InChI is InChI=1S/C20H16Cl2N10O/c21-11-3-4-12(22)15-13(11)19(33)32(9-6-26-27-7-9)18(29-15)14(8-1-2-8)28-17-10(5-23)16(24)30-20(25)31-17/h3-4,6-8,14H,1-2H2,(H,26,27)(H5,24,25,28,30,31)/t14-/m0/s1. The summed E-state index contributed by atoms with van der Waals surface area (Å²) in [4.78, 5) is 26.4. The van der Waals surface area contributed by atoms with Crippen molar-refractivity contribution in [1.29, 1.82) is 5.26 Å². The van der Waals surface area contributed by atoms with Gasteiger partial charge in [-0.2, -0.15) is 20.3 Å². The number of nitrogen functional groups attached to an aromatic ring is 2. The van der Waals surface area contributed by atoms with Crippen LogP contribution in [0.3, 0.4) is 0 Å². The number of rotatable bonds is 5. The minimum absolute atomic E-state index is 0.0458. The minimum Gasteiger partial charge on any atom is -0.382 e. The summed E-state index contributed by atoms with van der Waals surface area (Å²) < 4.78 is 1.42. The van der Waals surface area contributed by atoms with Crippen LogP contribution in [0.15, 0.2) is 29.3 Å². The van der Waals surface area contributed by atoms with Crippen molar-refractivity contribution in [3.05, 3.63) is 56.3 Å². The van der Waals surface area contributed by atoms with Gasteiger partial charge in [0.15, 0.2) is 5.82 Å². The lowest BCUT2D eigenvalue weighted by molar-refractivity contribution is 0.609. The third kappa shape index (κ3) is 3.59. The van der Waals surface area contributed by atoms with Crippen LogP contribution < -0.4 is 22.3 Å². The highest BCUT2D eigenvalue weighted by molar-refractivity contribution is 6.39. The maximum Gasteiger partial charge on any atom is 0.267 e. The van der Waals surface area contributed by atoms with Gasteiger partial charge in [0.05, 0.1) is 38.9 Å². The molecule has 5 rings (SSSR count).